The number of hydrogen-bond acceptors (Lipinski definition) is 3. The van der Waals surface area contributed by atoms with E-state index in [1.807, 2.05) is 0 Å². The molecule has 6 heteroatoms. The number of benzene rings is 1. The third-order valence-corrected chi connectivity index (χ3v) is 2.45. The summed E-state index contributed by atoms with van der Waals surface area (Å²) in [6.07, 6.45) is 0. The number of amides is 1. The second-order valence-electron chi connectivity index (χ2n) is 3.27. The predicted octanol–water partition coefficient (Wildman–Crippen LogP) is 1.93. The highest BCUT2D eigenvalue weighted by atomic mass is 35.5. The molecule has 0 aliphatic carbocycles. The molecule has 0 unspecified atom stereocenters. The molecule has 1 aliphatic rings. The smallest absolute Gasteiger partial charge is 0.290 e. The standard InChI is InChI=1S/C10H9Cl2N3O/c11-6-3-7(12)5-8(4-6)15-10(16)9-13-1-2-14-9/h3-5H,1-2H2,(H,13,14)(H,15,16). The van der Waals surface area contributed by atoms with Crippen molar-refractivity contribution in [3.63, 3.8) is 0 Å². The summed E-state index contributed by atoms with van der Waals surface area (Å²) < 4.78 is 0. The van der Waals surface area contributed by atoms with Crippen LogP contribution in [0, 0.1) is 0 Å². The molecule has 2 N–H and O–H groups in total. The van der Waals surface area contributed by atoms with Crippen LogP contribution in [0.25, 0.3) is 0 Å². The molecule has 1 amide bonds. The van der Waals surface area contributed by atoms with Crippen LogP contribution >= 0.6 is 23.2 Å². The first kappa shape index (κ1) is 11.2. The van der Waals surface area contributed by atoms with Crippen LogP contribution in [0.15, 0.2) is 23.2 Å². The molecule has 2 rings (SSSR count). The summed E-state index contributed by atoms with van der Waals surface area (Å²) in [5.74, 6) is 0.0620. The molecule has 0 saturated carbocycles. The maximum absolute atomic E-state index is 11.6. The lowest BCUT2D eigenvalue weighted by Gasteiger charge is -2.06. The second-order valence-corrected chi connectivity index (χ2v) is 4.14. The third-order valence-electron chi connectivity index (χ3n) is 2.01. The fourth-order valence-electron chi connectivity index (χ4n) is 1.37. The van der Waals surface area contributed by atoms with Crippen molar-refractivity contribution in [3.05, 3.63) is 28.2 Å². The maximum atomic E-state index is 11.6. The molecule has 0 bridgehead atoms. The lowest BCUT2D eigenvalue weighted by molar-refractivity contribution is -0.110. The zero-order valence-corrected chi connectivity index (χ0v) is 9.77. The van der Waals surface area contributed by atoms with Crippen LogP contribution < -0.4 is 10.6 Å². The number of carbonyl (C=O) groups excluding carboxylic acids is 1. The summed E-state index contributed by atoms with van der Waals surface area (Å²) in [6.45, 7) is 1.32. The first-order valence-electron chi connectivity index (χ1n) is 4.71. The van der Waals surface area contributed by atoms with E-state index in [1.165, 1.54) is 0 Å². The minimum atomic E-state index is -0.282. The van der Waals surface area contributed by atoms with Crippen molar-refractivity contribution in [2.24, 2.45) is 4.99 Å². The molecule has 84 valence electrons. The van der Waals surface area contributed by atoms with Gasteiger partial charge in [-0.05, 0) is 18.2 Å². The van der Waals surface area contributed by atoms with Crippen LogP contribution in [0.2, 0.25) is 10.0 Å². The quantitative estimate of drug-likeness (QED) is 0.851. The maximum Gasteiger partial charge on any atom is 0.290 e. The van der Waals surface area contributed by atoms with Crippen molar-refractivity contribution >= 4 is 40.6 Å². The van der Waals surface area contributed by atoms with Crippen LogP contribution in [-0.2, 0) is 4.79 Å². The summed E-state index contributed by atoms with van der Waals surface area (Å²) in [5, 5.41) is 6.49. The van der Waals surface area contributed by atoms with Crippen LogP contribution in [0.4, 0.5) is 5.69 Å². The average Bonchev–Trinajstić information content (AvgIpc) is 2.68. The van der Waals surface area contributed by atoms with Gasteiger partial charge in [0.25, 0.3) is 5.91 Å². The van der Waals surface area contributed by atoms with E-state index >= 15 is 0 Å². The Hall–Kier alpha value is -1.26. The Labute approximate surface area is 103 Å². The highest BCUT2D eigenvalue weighted by Crippen LogP contribution is 2.22. The molecular weight excluding hydrogens is 249 g/mol. The Morgan fingerprint density at radius 3 is 2.56 bits per heavy atom. The fraction of sp³-hybridized carbons (Fsp3) is 0.200. The van der Waals surface area contributed by atoms with Crippen molar-refractivity contribution in [1.82, 2.24) is 5.32 Å². The van der Waals surface area contributed by atoms with Crippen LogP contribution in [0.1, 0.15) is 0 Å². The predicted molar refractivity (Wildman–Crippen MR) is 65.4 cm³/mol. The van der Waals surface area contributed by atoms with Crippen molar-refractivity contribution in [1.29, 1.82) is 0 Å². The van der Waals surface area contributed by atoms with Gasteiger partial charge in [-0.1, -0.05) is 23.2 Å². The summed E-state index contributed by atoms with van der Waals surface area (Å²) in [7, 11) is 0. The van der Waals surface area contributed by atoms with Gasteiger partial charge in [0.15, 0.2) is 5.84 Å². The van der Waals surface area contributed by atoms with E-state index in [2.05, 4.69) is 15.6 Å². The number of nitrogens with one attached hydrogen (secondary N) is 2. The van der Waals surface area contributed by atoms with E-state index in [-0.39, 0.29) is 5.91 Å². The van der Waals surface area contributed by atoms with Gasteiger partial charge in [-0.2, -0.15) is 0 Å². The minimum Gasteiger partial charge on any atom is -0.364 e. The average molecular weight is 258 g/mol. The van der Waals surface area contributed by atoms with Gasteiger partial charge in [-0.3, -0.25) is 9.79 Å². The molecule has 1 aromatic carbocycles. The molecule has 0 spiro atoms. The first-order valence-corrected chi connectivity index (χ1v) is 5.46. The Morgan fingerprint density at radius 1 is 1.31 bits per heavy atom. The molecule has 1 aliphatic heterocycles. The highest BCUT2D eigenvalue weighted by molar-refractivity contribution is 6.42. The Kier molecular flexibility index (Phi) is 3.31. The molecule has 4 nitrogen and oxygen atoms in total. The zero-order valence-electron chi connectivity index (χ0n) is 8.26. The van der Waals surface area contributed by atoms with E-state index in [4.69, 9.17) is 23.2 Å². The van der Waals surface area contributed by atoms with Crippen LogP contribution in [-0.4, -0.2) is 24.8 Å². The monoisotopic (exact) mass is 257 g/mol. The molecule has 0 aromatic heterocycles. The van der Waals surface area contributed by atoms with Crippen molar-refractivity contribution in [3.8, 4) is 0 Å². The number of amidine groups is 1. The lowest BCUT2D eigenvalue weighted by Crippen LogP contribution is -2.32. The molecule has 0 atom stereocenters. The summed E-state index contributed by atoms with van der Waals surface area (Å²) in [5.41, 5.74) is 0.555. The summed E-state index contributed by atoms with van der Waals surface area (Å²) >= 11 is 11.6. The second kappa shape index (κ2) is 4.72. The third kappa shape index (κ3) is 2.65. The molecule has 1 heterocycles. The normalized spacial score (nSPS) is 14.2. The lowest BCUT2D eigenvalue weighted by atomic mass is 10.3. The first-order chi connectivity index (χ1) is 7.65. The number of carbonyl (C=O) groups is 1. The van der Waals surface area contributed by atoms with Gasteiger partial charge in [0.05, 0.1) is 6.54 Å². The molecule has 0 saturated heterocycles. The Balaban J connectivity index is 2.11. The highest BCUT2D eigenvalue weighted by Gasteiger charge is 2.14. The van der Waals surface area contributed by atoms with Crippen LogP contribution in [0.3, 0.4) is 0 Å². The van der Waals surface area contributed by atoms with E-state index in [0.717, 1.165) is 0 Å². The molecular formula is C10H9Cl2N3O. The van der Waals surface area contributed by atoms with Gasteiger partial charge in [0.1, 0.15) is 0 Å². The molecule has 0 fully saturated rings. The number of nitrogens with zero attached hydrogens (tertiary/aromatic N) is 1. The minimum absolute atomic E-state index is 0.282. The SMILES string of the molecule is O=C(Nc1cc(Cl)cc(Cl)c1)C1=NCCN1. The number of rotatable bonds is 2. The number of halogens is 2. The van der Waals surface area contributed by atoms with Gasteiger partial charge in [0, 0.05) is 22.3 Å². The van der Waals surface area contributed by atoms with E-state index < -0.39 is 0 Å². The van der Waals surface area contributed by atoms with Gasteiger partial charge in [-0.15, -0.1) is 0 Å². The number of hydrogen-bond donors (Lipinski definition) is 2. The van der Waals surface area contributed by atoms with Gasteiger partial charge in [-0.25, -0.2) is 0 Å². The van der Waals surface area contributed by atoms with E-state index in [9.17, 15) is 4.79 Å². The van der Waals surface area contributed by atoms with E-state index in [0.29, 0.717) is 34.7 Å². The molecule has 16 heavy (non-hydrogen) atoms. The fourth-order valence-corrected chi connectivity index (χ4v) is 1.89. The molecule has 1 aromatic rings. The van der Waals surface area contributed by atoms with E-state index in [1.54, 1.807) is 18.2 Å². The van der Waals surface area contributed by atoms with Crippen molar-refractivity contribution in [2.45, 2.75) is 0 Å². The largest absolute Gasteiger partial charge is 0.364 e. The van der Waals surface area contributed by atoms with Crippen LogP contribution in [0.5, 0.6) is 0 Å². The van der Waals surface area contributed by atoms with Crippen molar-refractivity contribution < 1.29 is 4.79 Å². The summed E-state index contributed by atoms with van der Waals surface area (Å²) in [4.78, 5) is 15.7. The van der Waals surface area contributed by atoms with Gasteiger partial charge in [0.2, 0.25) is 0 Å². The van der Waals surface area contributed by atoms with Gasteiger partial charge < -0.3 is 10.6 Å². The number of anilines is 1. The Morgan fingerprint density at radius 2 is 2.00 bits per heavy atom. The topological polar surface area (TPSA) is 53.5 Å². The Bertz CT molecular complexity index is 439. The van der Waals surface area contributed by atoms with Gasteiger partial charge >= 0.3 is 0 Å². The zero-order chi connectivity index (χ0) is 11.5. The summed E-state index contributed by atoms with van der Waals surface area (Å²) in [6, 6.07) is 4.85. The number of aliphatic imine (C=N–C) groups is 1. The molecule has 0 radical (unpaired) electrons. The van der Waals surface area contributed by atoms with Crippen molar-refractivity contribution in [2.75, 3.05) is 18.4 Å².